The summed E-state index contributed by atoms with van der Waals surface area (Å²) in [5.41, 5.74) is 0.253. The number of hydroxylamine groups is 2. The number of carbonyl (C=O) groups is 2. The summed E-state index contributed by atoms with van der Waals surface area (Å²) in [6, 6.07) is -0.748. The molecular formula is C13H26N2O4. The van der Waals surface area contributed by atoms with E-state index in [0.29, 0.717) is 6.42 Å². The minimum absolute atomic E-state index is 0.253. The van der Waals surface area contributed by atoms with Crippen molar-refractivity contribution in [3.05, 3.63) is 0 Å². The third-order valence-electron chi connectivity index (χ3n) is 2.85. The van der Waals surface area contributed by atoms with Crippen LogP contribution < -0.4 is 5.32 Å². The van der Waals surface area contributed by atoms with Gasteiger partial charge in [0.15, 0.2) is 0 Å². The molecule has 0 bridgehead atoms. The highest BCUT2D eigenvalue weighted by Crippen LogP contribution is 2.22. The van der Waals surface area contributed by atoms with E-state index in [-0.39, 0.29) is 11.3 Å². The van der Waals surface area contributed by atoms with Crippen LogP contribution in [0, 0.1) is 5.41 Å². The van der Waals surface area contributed by atoms with Gasteiger partial charge in [0.25, 0.3) is 5.91 Å². The van der Waals surface area contributed by atoms with Crippen LogP contribution in [0.2, 0.25) is 0 Å². The molecule has 0 aromatic rings. The number of carbonyl (C=O) groups excluding carboxylic acids is 1. The second-order valence-electron chi connectivity index (χ2n) is 5.83. The first kappa shape index (κ1) is 17.7. The van der Waals surface area contributed by atoms with Gasteiger partial charge in [-0.2, -0.15) is 0 Å². The molecule has 2 amide bonds. The zero-order valence-corrected chi connectivity index (χ0v) is 12.5. The predicted octanol–water partition coefficient (Wildman–Crippen LogP) is 2.25. The van der Waals surface area contributed by atoms with Gasteiger partial charge in [0.05, 0.1) is 7.11 Å². The molecule has 0 aromatic carbocycles. The molecule has 0 spiro atoms. The minimum Gasteiger partial charge on any atom is -0.465 e. The Morgan fingerprint density at radius 3 is 2.32 bits per heavy atom. The molecule has 0 aliphatic heterocycles. The van der Waals surface area contributed by atoms with Crippen molar-refractivity contribution in [3.8, 4) is 0 Å². The average Bonchev–Trinajstić information content (AvgIpc) is 2.29. The summed E-state index contributed by atoms with van der Waals surface area (Å²) in [5, 5.41) is 12.0. The molecular weight excluding hydrogens is 248 g/mol. The molecule has 0 saturated carbocycles. The van der Waals surface area contributed by atoms with Crippen LogP contribution in [0.15, 0.2) is 0 Å². The zero-order valence-electron chi connectivity index (χ0n) is 12.5. The van der Waals surface area contributed by atoms with Crippen LogP contribution in [-0.4, -0.2) is 42.4 Å². The van der Waals surface area contributed by atoms with E-state index in [1.165, 1.54) is 14.2 Å². The summed E-state index contributed by atoms with van der Waals surface area (Å²) in [5.74, 6) is -0.374. The number of unbranched alkanes of at least 4 members (excludes halogenated alkanes) is 1. The van der Waals surface area contributed by atoms with E-state index in [1.54, 1.807) is 0 Å². The average molecular weight is 274 g/mol. The number of amides is 2. The highest BCUT2D eigenvalue weighted by atomic mass is 16.7. The summed E-state index contributed by atoms with van der Waals surface area (Å²) in [6.45, 7) is 6.47. The summed E-state index contributed by atoms with van der Waals surface area (Å²) >= 11 is 0. The fraction of sp³-hybridized carbons (Fsp3) is 0.846. The van der Waals surface area contributed by atoms with Crippen LogP contribution in [-0.2, 0) is 9.63 Å². The molecule has 0 heterocycles. The quantitative estimate of drug-likeness (QED) is 0.551. The molecule has 19 heavy (non-hydrogen) atoms. The van der Waals surface area contributed by atoms with Crippen molar-refractivity contribution in [1.82, 2.24) is 10.4 Å². The van der Waals surface area contributed by atoms with Gasteiger partial charge in [0.1, 0.15) is 6.04 Å². The molecule has 1 atom stereocenters. The SMILES string of the molecule is CON(C)C(=O)[C@H](CCCCC(C)(C)C)NC(=O)O. The van der Waals surface area contributed by atoms with Crippen LogP contribution in [0.1, 0.15) is 46.5 Å². The molecule has 0 rings (SSSR count). The second-order valence-corrected chi connectivity index (χ2v) is 5.83. The number of hydrogen-bond donors (Lipinski definition) is 2. The van der Waals surface area contributed by atoms with Crippen molar-refractivity contribution in [2.24, 2.45) is 5.41 Å². The van der Waals surface area contributed by atoms with Gasteiger partial charge < -0.3 is 10.4 Å². The molecule has 2 N–H and O–H groups in total. The van der Waals surface area contributed by atoms with E-state index in [9.17, 15) is 9.59 Å². The maximum Gasteiger partial charge on any atom is 0.405 e. The maximum absolute atomic E-state index is 11.9. The maximum atomic E-state index is 11.9. The van der Waals surface area contributed by atoms with Crippen molar-refractivity contribution in [1.29, 1.82) is 0 Å². The molecule has 0 unspecified atom stereocenters. The van der Waals surface area contributed by atoms with Crippen LogP contribution in [0.25, 0.3) is 0 Å². The molecule has 0 fully saturated rings. The van der Waals surface area contributed by atoms with Crippen molar-refractivity contribution in [2.75, 3.05) is 14.2 Å². The van der Waals surface area contributed by atoms with Crippen LogP contribution in [0.5, 0.6) is 0 Å². The summed E-state index contributed by atoms with van der Waals surface area (Å²) < 4.78 is 0. The number of nitrogens with zero attached hydrogens (tertiary/aromatic N) is 1. The minimum atomic E-state index is -1.20. The Morgan fingerprint density at radius 2 is 1.89 bits per heavy atom. The van der Waals surface area contributed by atoms with E-state index in [1.807, 2.05) is 0 Å². The first-order chi connectivity index (χ1) is 8.67. The number of rotatable bonds is 7. The molecule has 0 aliphatic carbocycles. The van der Waals surface area contributed by atoms with Crippen molar-refractivity contribution < 1.29 is 19.5 Å². The lowest BCUT2D eigenvalue weighted by molar-refractivity contribution is -0.171. The fourth-order valence-electron chi connectivity index (χ4n) is 1.72. The molecule has 6 heteroatoms. The Hall–Kier alpha value is -1.30. The number of nitrogens with one attached hydrogen (secondary N) is 1. The Kier molecular flexibility index (Phi) is 7.44. The smallest absolute Gasteiger partial charge is 0.405 e. The van der Waals surface area contributed by atoms with E-state index < -0.39 is 12.1 Å². The highest BCUT2D eigenvalue weighted by Gasteiger charge is 2.23. The van der Waals surface area contributed by atoms with Gasteiger partial charge in [-0.1, -0.05) is 33.6 Å². The van der Waals surface area contributed by atoms with Crippen LogP contribution in [0.3, 0.4) is 0 Å². The molecule has 0 aromatic heterocycles. The van der Waals surface area contributed by atoms with E-state index in [0.717, 1.165) is 24.3 Å². The molecule has 0 saturated heterocycles. The molecule has 112 valence electrons. The number of likely N-dealkylation sites (N-methyl/N-ethyl adjacent to an activating group) is 1. The molecule has 0 aliphatic rings. The summed E-state index contributed by atoms with van der Waals surface area (Å²) in [7, 11) is 2.84. The van der Waals surface area contributed by atoms with Gasteiger partial charge in [-0.25, -0.2) is 9.86 Å². The first-order valence-electron chi connectivity index (χ1n) is 6.48. The van der Waals surface area contributed by atoms with E-state index in [4.69, 9.17) is 9.94 Å². The number of hydrogen-bond acceptors (Lipinski definition) is 3. The van der Waals surface area contributed by atoms with Gasteiger partial charge in [-0.3, -0.25) is 9.63 Å². The van der Waals surface area contributed by atoms with E-state index >= 15 is 0 Å². The Bertz CT molecular complexity index is 300. The topological polar surface area (TPSA) is 78.9 Å². The Morgan fingerprint density at radius 1 is 1.32 bits per heavy atom. The van der Waals surface area contributed by atoms with Gasteiger partial charge in [-0.05, 0) is 18.3 Å². The van der Waals surface area contributed by atoms with Crippen LogP contribution in [0.4, 0.5) is 4.79 Å². The summed E-state index contributed by atoms with van der Waals surface area (Å²) in [6.07, 6.45) is 2.09. The second kappa shape index (κ2) is 7.99. The predicted molar refractivity (Wildman–Crippen MR) is 72.7 cm³/mol. The monoisotopic (exact) mass is 274 g/mol. The van der Waals surface area contributed by atoms with E-state index in [2.05, 4.69) is 26.1 Å². The van der Waals surface area contributed by atoms with Gasteiger partial charge in [0, 0.05) is 7.05 Å². The number of carboxylic acid groups (broad SMARTS) is 1. The molecule has 6 nitrogen and oxygen atoms in total. The Balaban J connectivity index is 4.29. The molecule has 0 radical (unpaired) electrons. The van der Waals surface area contributed by atoms with Crippen molar-refractivity contribution in [3.63, 3.8) is 0 Å². The van der Waals surface area contributed by atoms with Gasteiger partial charge >= 0.3 is 6.09 Å². The van der Waals surface area contributed by atoms with Crippen LogP contribution >= 0.6 is 0 Å². The van der Waals surface area contributed by atoms with Crippen molar-refractivity contribution >= 4 is 12.0 Å². The largest absolute Gasteiger partial charge is 0.465 e. The zero-order chi connectivity index (χ0) is 15.1. The highest BCUT2D eigenvalue weighted by molar-refractivity contribution is 5.84. The summed E-state index contributed by atoms with van der Waals surface area (Å²) in [4.78, 5) is 27.4. The third kappa shape index (κ3) is 8.42. The normalized spacial score (nSPS) is 12.9. The van der Waals surface area contributed by atoms with Gasteiger partial charge in [-0.15, -0.1) is 0 Å². The Labute approximate surface area is 115 Å². The van der Waals surface area contributed by atoms with Crippen molar-refractivity contribution in [2.45, 2.75) is 52.5 Å². The fourth-order valence-corrected chi connectivity index (χ4v) is 1.72. The lowest BCUT2D eigenvalue weighted by atomic mass is 9.89. The lowest BCUT2D eigenvalue weighted by Crippen LogP contribution is -2.46. The third-order valence-corrected chi connectivity index (χ3v) is 2.85. The standard InChI is InChI=1S/C13H26N2O4/c1-13(2,3)9-7-6-8-10(14-12(17)18)11(16)15(4)19-5/h10,14H,6-9H2,1-5H3,(H,17,18)/t10-/m0/s1. The lowest BCUT2D eigenvalue weighted by Gasteiger charge is -2.22. The first-order valence-corrected chi connectivity index (χ1v) is 6.48. The van der Waals surface area contributed by atoms with Gasteiger partial charge in [0.2, 0.25) is 0 Å².